The summed E-state index contributed by atoms with van der Waals surface area (Å²) in [4.78, 5) is 11.4. The van der Waals surface area contributed by atoms with Crippen molar-refractivity contribution in [3.63, 3.8) is 0 Å². The Morgan fingerprint density at radius 3 is 1.71 bits per heavy atom. The quantitative estimate of drug-likeness (QED) is 0.184. The molecule has 0 rings (SSSR count). The molecule has 0 radical (unpaired) electrons. The molecule has 0 fully saturated rings. The average molecular weight is 413 g/mol. The van der Waals surface area contributed by atoms with Gasteiger partial charge in [-0.3, -0.25) is 4.79 Å². The summed E-state index contributed by atoms with van der Waals surface area (Å²) in [6.45, 7) is 6.83. The lowest BCUT2D eigenvalue weighted by molar-refractivity contribution is -0.145. The first-order valence-corrected chi connectivity index (χ1v) is 9.96. The van der Waals surface area contributed by atoms with Crippen LogP contribution in [0.25, 0.3) is 0 Å². The van der Waals surface area contributed by atoms with Crippen LogP contribution in [0, 0.1) is 0 Å². The number of rotatable bonds is 19. The SMILES string of the molecule is CCCCCCC(=O)OCCOCCOCCOCCOCCBr. The predicted molar refractivity (Wildman–Crippen MR) is 96.8 cm³/mol. The van der Waals surface area contributed by atoms with E-state index in [1.54, 1.807) is 0 Å². The predicted octanol–water partition coefficient (Wildman–Crippen LogP) is 2.96. The third kappa shape index (κ3) is 19.8. The molecule has 0 aliphatic rings. The molecule has 0 aromatic carbocycles. The number of unbranched alkanes of at least 4 members (excludes halogenated alkanes) is 3. The first kappa shape index (κ1) is 23.8. The molecule has 7 heteroatoms. The molecule has 0 aromatic heterocycles. The van der Waals surface area contributed by atoms with Crippen LogP contribution in [0.4, 0.5) is 0 Å². The second-order valence-electron chi connectivity index (χ2n) is 5.17. The van der Waals surface area contributed by atoms with E-state index in [4.69, 9.17) is 23.7 Å². The number of hydrogen-bond acceptors (Lipinski definition) is 6. The van der Waals surface area contributed by atoms with Gasteiger partial charge >= 0.3 is 5.97 Å². The molecule has 0 aromatic rings. The van der Waals surface area contributed by atoms with Gasteiger partial charge in [-0.1, -0.05) is 42.1 Å². The summed E-state index contributed by atoms with van der Waals surface area (Å²) in [6.07, 6.45) is 4.85. The molecule has 144 valence electrons. The Bertz CT molecular complexity index is 265. The van der Waals surface area contributed by atoms with Crippen molar-refractivity contribution in [1.82, 2.24) is 0 Å². The maximum absolute atomic E-state index is 11.4. The molecular formula is C17H33BrO6. The van der Waals surface area contributed by atoms with Crippen LogP contribution < -0.4 is 0 Å². The van der Waals surface area contributed by atoms with Gasteiger partial charge in [-0.05, 0) is 6.42 Å². The second-order valence-corrected chi connectivity index (χ2v) is 5.96. The summed E-state index contributed by atoms with van der Waals surface area (Å²) in [5.41, 5.74) is 0. The summed E-state index contributed by atoms with van der Waals surface area (Å²) in [5, 5.41) is 0.842. The van der Waals surface area contributed by atoms with Crippen LogP contribution in [0.5, 0.6) is 0 Å². The zero-order valence-corrected chi connectivity index (χ0v) is 16.5. The van der Waals surface area contributed by atoms with Crippen LogP contribution in [0.3, 0.4) is 0 Å². The number of ether oxygens (including phenoxy) is 5. The van der Waals surface area contributed by atoms with E-state index in [0.717, 1.165) is 18.2 Å². The largest absolute Gasteiger partial charge is 0.463 e. The Balaban J connectivity index is 3.08. The fourth-order valence-electron chi connectivity index (χ4n) is 1.80. The minimum absolute atomic E-state index is 0.136. The van der Waals surface area contributed by atoms with E-state index in [1.807, 2.05) is 0 Å². The highest BCUT2D eigenvalue weighted by atomic mass is 79.9. The number of carbonyl (C=O) groups excluding carboxylic acids is 1. The highest BCUT2D eigenvalue weighted by molar-refractivity contribution is 9.09. The van der Waals surface area contributed by atoms with Crippen LogP contribution >= 0.6 is 15.9 Å². The van der Waals surface area contributed by atoms with Gasteiger partial charge in [0.05, 0.1) is 52.9 Å². The lowest BCUT2D eigenvalue weighted by Crippen LogP contribution is -2.14. The molecule has 0 unspecified atom stereocenters. The maximum atomic E-state index is 11.4. The Hall–Kier alpha value is -0.210. The molecule has 0 aliphatic carbocycles. The van der Waals surface area contributed by atoms with Crippen molar-refractivity contribution in [3.8, 4) is 0 Å². The molecule has 0 N–H and O–H groups in total. The van der Waals surface area contributed by atoms with E-state index in [1.165, 1.54) is 12.8 Å². The van der Waals surface area contributed by atoms with Crippen LogP contribution in [-0.2, 0) is 28.5 Å². The topological polar surface area (TPSA) is 63.2 Å². The third-order valence-corrected chi connectivity index (χ3v) is 3.39. The monoisotopic (exact) mass is 412 g/mol. The molecule has 0 spiro atoms. The standard InChI is InChI=1S/C17H33BrO6/c1-2-3-4-5-6-17(19)24-16-15-23-14-13-22-12-11-21-10-9-20-8-7-18/h2-16H2,1H3. The molecule has 0 saturated carbocycles. The van der Waals surface area contributed by atoms with Crippen LogP contribution in [-0.4, -0.2) is 70.8 Å². The van der Waals surface area contributed by atoms with E-state index < -0.39 is 0 Å². The van der Waals surface area contributed by atoms with Crippen molar-refractivity contribution in [3.05, 3.63) is 0 Å². The summed E-state index contributed by atoms with van der Waals surface area (Å²) >= 11 is 3.28. The number of esters is 1. The molecule has 0 atom stereocenters. The van der Waals surface area contributed by atoms with Gasteiger partial charge in [-0.2, -0.15) is 0 Å². The lowest BCUT2D eigenvalue weighted by atomic mass is 10.2. The van der Waals surface area contributed by atoms with Gasteiger partial charge in [0.1, 0.15) is 6.61 Å². The molecule has 6 nitrogen and oxygen atoms in total. The summed E-state index contributed by atoms with van der Waals surface area (Å²) < 4.78 is 26.4. The smallest absolute Gasteiger partial charge is 0.305 e. The van der Waals surface area contributed by atoms with Gasteiger partial charge in [0.25, 0.3) is 0 Å². The molecule has 0 saturated heterocycles. The molecule has 0 bridgehead atoms. The average Bonchev–Trinajstić information content (AvgIpc) is 2.59. The second kappa shape index (κ2) is 20.8. The van der Waals surface area contributed by atoms with Crippen molar-refractivity contribution >= 4 is 21.9 Å². The van der Waals surface area contributed by atoms with E-state index in [2.05, 4.69) is 22.9 Å². The van der Waals surface area contributed by atoms with Gasteiger partial charge in [-0.15, -0.1) is 0 Å². The highest BCUT2D eigenvalue weighted by Gasteiger charge is 2.02. The van der Waals surface area contributed by atoms with Crippen LogP contribution in [0.1, 0.15) is 39.0 Å². The van der Waals surface area contributed by atoms with E-state index in [0.29, 0.717) is 65.9 Å². The summed E-state index contributed by atoms with van der Waals surface area (Å²) in [5.74, 6) is -0.136. The zero-order valence-electron chi connectivity index (χ0n) is 14.9. The zero-order chi connectivity index (χ0) is 17.7. The molecule has 0 heterocycles. The molecule has 0 amide bonds. The van der Waals surface area contributed by atoms with Gasteiger partial charge in [0.2, 0.25) is 0 Å². The third-order valence-electron chi connectivity index (χ3n) is 3.06. The van der Waals surface area contributed by atoms with Crippen molar-refractivity contribution in [2.45, 2.75) is 39.0 Å². The Morgan fingerprint density at radius 1 is 0.708 bits per heavy atom. The Labute approximate surface area is 154 Å². The fourth-order valence-corrected chi connectivity index (χ4v) is 2.03. The number of halogens is 1. The number of alkyl halides is 1. The van der Waals surface area contributed by atoms with Gasteiger partial charge < -0.3 is 23.7 Å². The van der Waals surface area contributed by atoms with E-state index >= 15 is 0 Å². The van der Waals surface area contributed by atoms with Crippen LogP contribution in [0.2, 0.25) is 0 Å². The lowest BCUT2D eigenvalue weighted by Gasteiger charge is -2.08. The Kier molecular flexibility index (Phi) is 20.7. The summed E-state index contributed by atoms with van der Waals surface area (Å²) in [6, 6.07) is 0. The van der Waals surface area contributed by atoms with Gasteiger partial charge in [0, 0.05) is 11.8 Å². The molecular weight excluding hydrogens is 380 g/mol. The highest BCUT2D eigenvalue weighted by Crippen LogP contribution is 2.03. The van der Waals surface area contributed by atoms with Crippen molar-refractivity contribution < 1.29 is 28.5 Å². The molecule has 24 heavy (non-hydrogen) atoms. The van der Waals surface area contributed by atoms with Crippen LogP contribution in [0.15, 0.2) is 0 Å². The van der Waals surface area contributed by atoms with Gasteiger partial charge in [0.15, 0.2) is 0 Å². The Morgan fingerprint density at radius 2 is 1.21 bits per heavy atom. The van der Waals surface area contributed by atoms with E-state index in [9.17, 15) is 4.79 Å². The van der Waals surface area contributed by atoms with Gasteiger partial charge in [-0.25, -0.2) is 0 Å². The number of carbonyl (C=O) groups is 1. The minimum atomic E-state index is -0.136. The number of hydrogen-bond donors (Lipinski definition) is 0. The van der Waals surface area contributed by atoms with Crippen molar-refractivity contribution in [2.75, 3.05) is 64.8 Å². The van der Waals surface area contributed by atoms with Crippen molar-refractivity contribution in [2.24, 2.45) is 0 Å². The van der Waals surface area contributed by atoms with E-state index in [-0.39, 0.29) is 5.97 Å². The summed E-state index contributed by atoms with van der Waals surface area (Å²) in [7, 11) is 0. The first-order valence-electron chi connectivity index (χ1n) is 8.83. The normalized spacial score (nSPS) is 10.9. The molecule has 0 aliphatic heterocycles. The first-order chi connectivity index (χ1) is 11.8. The fraction of sp³-hybridized carbons (Fsp3) is 0.941. The van der Waals surface area contributed by atoms with Crippen molar-refractivity contribution in [1.29, 1.82) is 0 Å². The maximum Gasteiger partial charge on any atom is 0.305 e. The minimum Gasteiger partial charge on any atom is -0.463 e.